The maximum absolute atomic E-state index is 6.00. The van der Waals surface area contributed by atoms with Gasteiger partial charge in [0.15, 0.2) is 10.8 Å². The van der Waals surface area contributed by atoms with Gasteiger partial charge in [0.25, 0.3) is 0 Å². The molecule has 100 valence electrons. The molecule has 0 amide bonds. The van der Waals surface area contributed by atoms with E-state index in [4.69, 9.17) is 5.73 Å². The number of nitrogen functional groups attached to an aromatic ring is 1. The van der Waals surface area contributed by atoms with Crippen molar-refractivity contribution in [1.82, 2.24) is 19.9 Å². The van der Waals surface area contributed by atoms with Crippen molar-refractivity contribution in [2.24, 2.45) is 0 Å². The first-order valence-electron chi connectivity index (χ1n) is 6.23. The quantitative estimate of drug-likeness (QED) is 0.795. The number of aryl methyl sites for hydroxylation is 2. The lowest BCUT2D eigenvalue weighted by Gasteiger charge is -2.05. The number of rotatable bonds is 4. The summed E-state index contributed by atoms with van der Waals surface area (Å²) in [7, 11) is 0. The Morgan fingerprint density at radius 2 is 2.05 bits per heavy atom. The van der Waals surface area contributed by atoms with Gasteiger partial charge in [0, 0.05) is 35.7 Å². The third-order valence-electron chi connectivity index (χ3n) is 2.93. The molecule has 20 heavy (non-hydrogen) atoms. The minimum Gasteiger partial charge on any atom is -0.383 e. The molecule has 6 heteroatoms. The van der Waals surface area contributed by atoms with Gasteiger partial charge < -0.3 is 5.73 Å². The Morgan fingerprint density at radius 3 is 2.75 bits per heavy atom. The van der Waals surface area contributed by atoms with Gasteiger partial charge >= 0.3 is 0 Å². The van der Waals surface area contributed by atoms with Crippen LogP contribution in [0.3, 0.4) is 0 Å². The summed E-state index contributed by atoms with van der Waals surface area (Å²) < 4.78 is 0. The molecule has 0 saturated heterocycles. The van der Waals surface area contributed by atoms with E-state index in [1.807, 2.05) is 23.7 Å². The smallest absolute Gasteiger partial charge is 0.190 e. The molecule has 0 saturated carbocycles. The van der Waals surface area contributed by atoms with Crippen LogP contribution in [0.15, 0.2) is 42.3 Å². The molecular weight excluding hydrogens is 270 g/mol. The molecule has 0 spiro atoms. The van der Waals surface area contributed by atoms with Gasteiger partial charge in [0.2, 0.25) is 0 Å². The van der Waals surface area contributed by atoms with Crippen LogP contribution in [0.4, 0.5) is 5.82 Å². The summed E-state index contributed by atoms with van der Waals surface area (Å²) in [6.07, 6.45) is 8.82. The third kappa shape index (κ3) is 2.80. The molecule has 3 aromatic rings. The van der Waals surface area contributed by atoms with Crippen LogP contribution in [0, 0.1) is 0 Å². The van der Waals surface area contributed by atoms with Gasteiger partial charge in [-0.3, -0.25) is 4.98 Å². The minimum atomic E-state index is 0.522. The highest BCUT2D eigenvalue weighted by atomic mass is 32.1. The fourth-order valence-electron chi connectivity index (χ4n) is 1.87. The fourth-order valence-corrected chi connectivity index (χ4v) is 2.45. The third-order valence-corrected chi connectivity index (χ3v) is 3.70. The molecule has 3 rings (SSSR count). The monoisotopic (exact) mass is 283 g/mol. The lowest BCUT2D eigenvalue weighted by Crippen LogP contribution is -2.03. The number of aromatic nitrogens is 4. The van der Waals surface area contributed by atoms with E-state index < -0.39 is 0 Å². The van der Waals surface area contributed by atoms with Crippen molar-refractivity contribution >= 4 is 17.2 Å². The highest BCUT2D eigenvalue weighted by Crippen LogP contribution is 2.20. The van der Waals surface area contributed by atoms with Crippen molar-refractivity contribution in [2.75, 3.05) is 5.73 Å². The Labute approximate surface area is 120 Å². The molecule has 0 aliphatic carbocycles. The van der Waals surface area contributed by atoms with Crippen LogP contribution in [0.5, 0.6) is 0 Å². The number of nitrogens with zero attached hydrogens (tertiary/aromatic N) is 4. The average Bonchev–Trinajstić information content (AvgIpc) is 3.01. The molecule has 0 aliphatic rings. The Morgan fingerprint density at radius 1 is 1.10 bits per heavy atom. The van der Waals surface area contributed by atoms with Crippen molar-refractivity contribution in [3.05, 3.63) is 53.4 Å². The SMILES string of the molecule is Nc1nc(-c2nccs2)ncc1CCc1cccnc1. The predicted molar refractivity (Wildman–Crippen MR) is 79.2 cm³/mol. The van der Waals surface area contributed by atoms with Gasteiger partial charge in [-0.15, -0.1) is 11.3 Å². The number of pyridine rings is 1. The number of thiazole rings is 1. The number of hydrogen-bond acceptors (Lipinski definition) is 6. The van der Waals surface area contributed by atoms with Crippen molar-refractivity contribution in [3.8, 4) is 10.8 Å². The molecule has 5 nitrogen and oxygen atoms in total. The van der Waals surface area contributed by atoms with Crippen LogP contribution < -0.4 is 5.73 Å². The zero-order valence-electron chi connectivity index (χ0n) is 10.7. The summed E-state index contributed by atoms with van der Waals surface area (Å²) in [6.45, 7) is 0. The summed E-state index contributed by atoms with van der Waals surface area (Å²) >= 11 is 1.50. The van der Waals surface area contributed by atoms with E-state index in [-0.39, 0.29) is 0 Å². The summed E-state index contributed by atoms with van der Waals surface area (Å²) in [5, 5.41) is 2.68. The Hall–Kier alpha value is -2.34. The molecule has 0 unspecified atom stereocenters. The van der Waals surface area contributed by atoms with Gasteiger partial charge in [-0.1, -0.05) is 6.07 Å². The van der Waals surface area contributed by atoms with E-state index in [9.17, 15) is 0 Å². The lowest BCUT2D eigenvalue weighted by molar-refractivity contribution is 0.932. The number of anilines is 1. The maximum atomic E-state index is 6.00. The highest BCUT2D eigenvalue weighted by molar-refractivity contribution is 7.12. The fraction of sp³-hybridized carbons (Fsp3) is 0.143. The first-order valence-corrected chi connectivity index (χ1v) is 7.11. The Kier molecular flexibility index (Phi) is 3.64. The Bertz CT molecular complexity index is 682. The molecule has 0 fully saturated rings. The Balaban J connectivity index is 1.75. The highest BCUT2D eigenvalue weighted by Gasteiger charge is 2.08. The second kappa shape index (κ2) is 5.75. The lowest BCUT2D eigenvalue weighted by atomic mass is 10.1. The zero-order chi connectivity index (χ0) is 13.8. The van der Waals surface area contributed by atoms with Gasteiger partial charge in [-0.25, -0.2) is 15.0 Å². The average molecular weight is 283 g/mol. The number of hydrogen-bond donors (Lipinski definition) is 1. The first-order chi connectivity index (χ1) is 9.83. The normalized spacial score (nSPS) is 10.6. The summed E-state index contributed by atoms with van der Waals surface area (Å²) in [5.41, 5.74) is 8.13. The molecule has 3 heterocycles. The summed E-state index contributed by atoms with van der Waals surface area (Å²) in [6, 6.07) is 3.98. The van der Waals surface area contributed by atoms with Crippen molar-refractivity contribution < 1.29 is 0 Å². The van der Waals surface area contributed by atoms with Crippen LogP contribution >= 0.6 is 11.3 Å². The van der Waals surface area contributed by atoms with Crippen molar-refractivity contribution in [3.63, 3.8) is 0 Å². The van der Waals surface area contributed by atoms with Crippen LogP contribution in [-0.4, -0.2) is 19.9 Å². The molecule has 3 aromatic heterocycles. The molecule has 0 radical (unpaired) electrons. The largest absolute Gasteiger partial charge is 0.383 e. The van der Waals surface area contributed by atoms with E-state index in [0.29, 0.717) is 11.6 Å². The molecule has 0 aliphatic heterocycles. The van der Waals surface area contributed by atoms with Gasteiger partial charge in [-0.05, 0) is 24.5 Å². The summed E-state index contributed by atoms with van der Waals surface area (Å²) in [5.74, 6) is 1.11. The molecule has 2 N–H and O–H groups in total. The van der Waals surface area contributed by atoms with Gasteiger partial charge in [-0.2, -0.15) is 0 Å². The summed E-state index contributed by atoms with van der Waals surface area (Å²) in [4.78, 5) is 16.9. The van der Waals surface area contributed by atoms with Crippen molar-refractivity contribution in [1.29, 1.82) is 0 Å². The minimum absolute atomic E-state index is 0.522. The van der Waals surface area contributed by atoms with Crippen molar-refractivity contribution in [2.45, 2.75) is 12.8 Å². The predicted octanol–water partition coefficient (Wildman–Crippen LogP) is 2.36. The van der Waals surface area contributed by atoms with E-state index in [0.717, 1.165) is 23.4 Å². The van der Waals surface area contributed by atoms with Crippen LogP contribution in [0.2, 0.25) is 0 Å². The van der Waals surface area contributed by atoms with E-state index in [1.165, 1.54) is 16.9 Å². The van der Waals surface area contributed by atoms with E-state index >= 15 is 0 Å². The zero-order valence-corrected chi connectivity index (χ0v) is 11.5. The molecule has 0 aromatic carbocycles. The van der Waals surface area contributed by atoms with Crippen LogP contribution in [0.25, 0.3) is 10.8 Å². The topological polar surface area (TPSA) is 77.6 Å². The molecular formula is C14H13N5S. The van der Waals surface area contributed by atoms with Gasteiger partial charge in [0.05, 0.1) is 0 Å². The van der Waals surface area contributed by atoms with E-state index in [1.54, 1.807) is 18.6 Å². The molecule has 0 bridgehead atoms. The second-order valence-electron chi connectivity index (χ2n) is 4.30. The van der Waals surface area contributed by atoms with Crippen LogP contribution in [-0.2, 0) is 12.8 Å². The second-order valence-corrected chi connectivity index (χ2v) is 5.20. The first kappa shape index (κ1) is 12.7. The van der Waals surface area contributed by atoms with E-state index in [2.05, 4.69) is 19.9 Å². The number of nitrogens with two attached hydrogens (primary N) is 1. The standard InChI is InChI=1S/C14H13N5S/c15-12-11(4-3-10-2-1-5-16-8-10)9-18-13(19-12)14-17-6-7-20-14/h1-2,5-9H,3-4H2,(H2,15,18,19). The van der Waals surface area contributed by atoms with Crippen LogP contribution in [0.1, 0.15) is 11.1 Å². The maximum Gasteiger partial charge on any atom is 0.190 e. The molecule has 0 atom stereocenters. The van der Waals surface area contributed by atoms with Gasteiger partial charge in [0.1, 0.15) is 5.82 Å².